The maximum atomic E-state index is 13.1. The van der Waals surface area contributed by atoms with E-state index in [-0.39, 0.29) is 5.82 Å². The molecule has 110 valence electrons. The molecular weight excluding hydrogens is 293 g/mol. The first-order valence-electron chi connectivity index (χ1n) is 6.30. The van der Waals surface area contributed by atoms with Crippen LogP contribution in [0.4, 0.5) is 4.39 Å². The van der Waals surface area contributed by atoms with Crippen molar-refractivity contribution in [1.29, 1.82) is 0 Å². The molecule has 0 bridgehead atoms. The number of amides is 1. The number of thiophene rings is 1. The molecular formula is C15H14FNO3S. The van der Waals surface area contributed by atoms with Crippen LogP contribution in [0.2, 0.25) is 0 Å². The summed E-state index contributed by atoms with van der Waals surface area (Å²) in [5.41, 5.74) is 0. The molecule has 0 saturated heterocycles. The highest BCUT2D eigenvalue weighted by atomic mass is 32.1. The molecule has 0 unspecified atom stereocenters. The van der Waals surface area contributed by atoms with Gasteiger partial charge in [-0.05, 0) is 36.6 Å². The van der Waals surface area contributed by atoms with Crippen LogP contribution in [0.3, 0.4) is 0 Å². The molecule has 1 heterocycles. The quantitative estimate of drug-likeness (QED) is 0.682. The third-order valence-corrected chi connectivity index (χ3v) is 3.85. The Balaban J connectivity index is 2.07. The standard InChI is InChI=1S/C15H14FNO3S/c1-3-6-17-14(18)9(2)20-15(19)13-8-10-7-11(16)4-5-12(10)21-13/h3-5,7-9H,1,6H2,2H3,(H,17,18)/t9-/m1/s1. The maximum absolute atomic E-state index is 13.1. The lowest BCUT2D eigenvalue weighted by molar-refractivity contribution is -0.128. The van der Waals surface area contributed by atoms with Crippen molar-refractivity contribution in [2.75, 3.05) is 6.54 Å². The zero-order valence-electron chi connectivity index (χ0n) is 11.4. The molecule has 21 heavy (non-hydrogen) atoms. The topological polar surface area (TPSA) is 55.4 Å². The third kappa shape index (κ3) is 3.66. The lowest BCUT2D eigenvalue weighted by Gasteiger charge is -2.11. The Bertz CT molecular complexity index is 695. The molecule has 1 N–H and O–H groups in total. The summed E-state index contributed by atoms with van der Waals surface area (Å²) in [5.74, 6) is -1.36. The van der Waals surface area contributed by atoms with Crippen LogP contribution in [0.15, 0.2) is 36.9 Å². The Kier molecular flexibility index (Phi) is 4.70. The molecule has 0 fully saturated rings. The number of ether oxygens (including phenoxy) is 1. The predicted molar refractivity (Wildman–Crippen MR) is 79.9 cm³/mol. The van der Waals surface area contributed by atoms with Crippen LogP contribution < -0.4 is 5.32 Å². The van der Waals surface area contributed by atoms with Crippen LogP contribution in [0.1, 0.15) is 16.6 Å². The van der Waals surface area contributed by atoms with Gasteiger partial charge in [-0.1, -0.05) is 6.08 Å². The number of carbonyl (C=O) groups is 2. The van der Waals surface area contributed by atoms with Gasteiger partial charge in [-0.15, -0.1) is 17.9 Å². The smallest absolute Gasteiger partial charge is 0.349 e. The first kappa shape index (κ1) is 15.2. The Morgan fingerprint density at radius 3 is 2.95 bits per heavy atom. The van der Waals surface area contributed by atoms with E-state index in [1.807, 2.05) is 0 Å². The molecule has 2 rings (SSSR count). The minimum Gasteiger partial charge on any atom is -0.448 e. The van der Waals surface area contributed by atoms with Crippen LogP contribution >= 0.6 is 11.3 Å². The number of benzene rings is 1. The molecule has 0 aliphatic heterocycles. The Labute approximate surface area is 125 Å². The second kappa shape index (κ2) is 6.49. The van der Waals surface area contributed by atoms with Crippen LogP contribution in [-0.4, -0.2) is 24.5 Å². The summed E-state index contributed by atoms with van der Waals surface area (Å²) in [7, 11) is 0. The minimum absolute atomic E-state index is 0.308. The van der Waals surface area contributed by atoms with Gasteiger partial charge in [0.05, 0.1) is 0 Å². The molecule has 1 aromatic heterocycles. The number of hydrogen-bond donors (Lipinski definition) is 1. The molecule has 1 atom stereocenters. The van der Waals surface area contributed by atoms with Gasteiger partial charge in [-0.25, -0.2) is 9.18 Å². The highest BCUT2D eigenvalue weighted by molar-refractivity contribution is 7.20. The molecule has 0 aliphatic rings. The first-order valence-corrected chi connectivity index (χ1v) is 7.11. The molecule has 1 amide bonds. The van der Waals surface area contributed by atoms with Crippen molar-refractivity contribution in [2.24, 2.45) is 0 Å². The number of fused-ring (bicyclic) bond motifs is 1. The minimum atomic E-state index is -0.903. The molecule has 0 spiro atoms. The lowest BCUT2D eigenvalue weighted by Crippen LogP contribution is -2.35. The van der Waals surface area contributed by atoms with Crippen LogP contribution in [0.25, 0.3) is 10.1 Å². The predicted octanol–water partition coefficient (Wildman–Crippen LogP) is 2.89. The van der Waals surface area contributed by atoms with Crippen molar-refractivity contribution < 1.29 is 18.7 Å². The van der Waals surface area contributed by atoms with Crippen molar-refractivity contribution in [1.82, 2.24) is 5.32 Å². The van der Waals surface area contributed by atoms with E-state index in [1.54, 1.807) is 12.1 Å². The highest BCUT2D eigenvalue weighted by Crippen LogP contribution is 2.27. The third-order valence-electron chi connectivity index (χ3n) is 2.75. The number of nitrogens with one attached hydrogen (secondary N) is 1. The van der Waals surface area contributed by atoms with Crippen molar-refractivity contribution in [2.45, 2.75) is 13.0 Å². The van der Waals surface area contributed by atoms with Crippen molar-refractivity contribution in [3.8, 4) is 0 Å². The van der Waals surface area contributed by atoms with Gasteiger partial charge in [0.25, 0.3) is 5.91 Å². The van der Waals surface area contributed by atoms with E-state index >= 15 is 0 Å². The average Bonchev–Trinajstić information content (AvgIpc) is 2.87. The second-order valence-corrected chi connectivity index (χ2v) is 5.46. The van der Waals surface area contributed by atoms with E-state index in [9.17, 15) is 14.0 Å². The zero-order valence-corrected chi connectivity index (χ0v) is 12.2. The molecule has 0 radical (unpaired) electrons. The van der Waals surface area contributed by atoms with E-state index in [4.69, 9.17) is 4.74 Å². The molecule has 1 aromatic carbocycles. The Hall–Kier alpha value is -2.21. The fraction of sp³-hybridized carbons (Fsp3) is 0.200. The highest BCUT2D eigenvalue weighted by Gasteiger charge is 2.19. The van der Waals surface area contributed by atoms with Gasteiger partial charge >= 0.3 is 5.97 Å². The fourth-order valence-corrected chi connectivity index (χ4v) is 2.63. The number of halogens is 1. The largest absolute Gasteiger partial charge is 0.448 e. The van der Waals surface area contributed by atoms with Crippen LogP contribution in [0.5, 0.6) is 0 Å². The van der Waals surface area contributed by atoms with Gasteiger partial charge in [0.1, 0.15) is 10.7 Å². The summed E-state index contributed by atoms with van der Waals surface area (Å²) in [4.78, 5) is 23.9. The normalized spacial score (nSPS) is 11.9. The molecule has 2 aromatic rings. The number of esters is 1. The van der Waals surface area contributed by atoms with E-state index < -0.39 is 18.0 Å². The maximum Gasteiger partial charge on any atom is 0.349 e. The zero-order chi connectivity index (χ0) is 15.4. The van der Waals surface area contributed by atoms with Crippen LogP contribution in [0, 0.1) is 5.82 Å². The number of hydrogen-bond acceptors (Lipinski definition) is 4. The van der Waals surface area contributed by atoms with Crippen LogP contribution in [-0.2, 0) is 9.53 Å². The summed E-state index contributed by atoms with van der Waals surface area (Å²) in [6.07, 6.45) is 0.631. The molecule has 6 heteroatoms. The summed E-state index contributed by atoms with van der Waals surface area (Å²) < 4.78 is 19.0. The summed E-state index contributed by atoms with van der Waals surface area (Å²) in [6.45, 7) is 5.28. The first-order chi connectivity index (χ1) is 10.0. The van der Waals surface area contributed by atoms with E-state index in [0.29, 0.717) is 16.8 Å². The van der Waals surface area contributed by atoms with E-state index in [0.717, 1.165) is 4.70 Å². The lowest BCUT2D eigenvalue weighted by atomic mass is 10.2. The Morgan fingerprint density at radius 2 is 2.24 bits per heavy atom. The molecule has 0 aliphatic carbocycles. The van der Waals surface area contributed by atoms with E-state index in [2.05, 4.69) is 11.9 Å². The average molecular weight is 307 g/mol. The van der Waals surface area contributed by atoms with Crippen molar-refractivity contribution in [3.05, 3.63) is 47.6 Å². The van der Waals surface area contributed by atoms with E-state index in [1.165, 1.54) is 36.5 Å². The summed E-state index contributed by atoms with van der Waals surface area (Å²) in [5, 5.41) is 3.18. The second-order valence-electron chi connectivity index (χ2n) is 4.37. The Morgan fingerprint density at radius 1 is 1.48 bits per heavy atom. The number of rotatable bonds is 5. The van der Waals surface area contributed by atoms with Gasteiger partial charge in [-0.3, -0.25) is 4.79 Å². The van der Waals surface area contributed by atoms with Gasteiger partial charge in [0.2, 0.25) is 0 Å². The molecule has 4 nitrogen and oxygen atoms in total. The van der Waals surface area contributed by atoms with Crippen molar-refractivity contribution >= 4 is 33.3 Å². The number of carbonyl (C=O) groups excluding carboxylic acids is 2. The fourth-order valence-electron chi connectivity index (χ4n) is 1.70. The molecule has 0 saturated carbocycles. The summed E-state index contributed by atoms with van der Waals surface area (Å²) >= 11 is 1.20. The monoisotopic (exact) mass is 307 g/mol. The van der Waals surface area contributed by atoms with Gasteiger partial charge in [0, 0.05) is 11.2 Å². The van der Waals surface area contributed by atoms with Gasteiger partial charge < -0.3 is 10.1 Å². The SMILES string of the molecule is C=CCNC(=O)[C@@H](C)OC(=O)c1cc2cc(F)ccc2s1. The summed E-state index contributed by atoms with van der Waals surface area (Å²) in [6, 6.07) is 5.84. The van der Waals surface area contributed by atoms with Gasteiger partial charge in [-0.2, -0.15) is 0 Å². The van der Waals surface area contributed by atoms with Gasteiger partial charge in [0.15, 0.2) is 6.10 Å². The van der Waals surface area contributed by atoms with Crippen molar-refractivity contribution in [3.63, 3.8) is 0 Å².